The lowest BCUT2D eigenvalue weighted by molar-refractivity contribution is -0.120. The van der Waals surface area contributed by atoms with E-state index in [1.165, 1.54) is 0 Å². The average Bonchev–Trinajstić information content (AvgIpc) is 2.38. The summed E-state index contributed by atoms with van der Waals surface area (Å²) in [4.78, 5) is 11.8. The van der Waals surface area contributed by atoms with E-state index in [-0.39, 0.29) is 5.78 Å². The Morgan fingerprint density at radius 3 is 2.59 bits per heavy atom. The lowest BCUT2D eigenvalue weighted by Crippen LogP contribution is -2.21. The van der Waals surface area contributed by atoms with Gasteiger partial charge in [-0.05, 0) is 24.8 Å². The Bertz CT molecular complexity index is 345. The molecule has 1 atom stereocenters. The summed E-state index contributed by atoms with van der Waals surface area (Å²) in [6.07, 6.45) is 6.62. The van der Waals surface area contributed by atoms with E-state index in [1.807, 2.05) is 36.4 Å². The van der Waals surface area contributed by atoms with Crippen molar-refractivity contribution in [2.75, 3.05) is 0 Å². The zero-order valence-corrected chi connectivity index (χ0v) is 10.3. The molecule has 0 heterocycles. The van der Waals surface area contributed by atoms with E-state index in [1.54, 1.807) is 0 Å². The first-order valence-corrected chi connectivity index (χ1v) is 6.20. The van der Waals surface area contributed by atoms with Gasteiger partial charge in [0.1, 0.15) is 0 Å². The molecule has 0 bridgehead atoms. The number of hydrogen-bond donors (Lipinski definition) is 1. The summed E-state index contributed by atoms with van der Waals surface area (Å²) in [5.41, 5.74) is 6.82. The van der Waals surface area contributed by atoms with Crippen LogP contribution in [-0.4, -0.2) is 5.78 Å². The Labute approximate surface area is 104 Å². The number of carbonyl (C=O) groups excluding carboxylic acids is 1. The van der Waals surface area contributed by atoms with E-state index in [0.29, 0.717) is 6.42 Å². The molecule has 0 aromatic heterocycles. The van der Waals surface area contributed by atoms with Crippen LogP contribution in [0.15, 0.2) is 43.0 Å². The van der Waals surface area contributed by atoms with Crippen molar-refractivity contribution in [1.82, 2.24) is 0 Å². The number of unbranched alkanes of at least 4 members (excludes halogenated alkanes) is 3. The fraction of sp³-hybridized carbons (Fsp3) is 0.400. The Hall–Kier alpha value is -1.41. The molecule has 1 aromatic rings. The van der Waals surface area contributed by atoms with Crippen LogP contribution in [0.1, 0.15) is 43.7 Å². The topological polar surface area (TPSA) is 43.1 Å². The van der Waals surface area contributed by atoms with Crippen LogP contribution in [0.25, 0.3) is 0 Å². The standard InChI is InChI=1S/C15H21NO/c1-2-3-4-5-9-12-14(17)15(16)13-10-7-6-8-11-13/h2,6-8,10-11,15H,1,3-5,9,12,16H2/t15-/m1/s1. The molecule has 0 fully saturated rings. The molecule has 2 nitrogen and oxygen atoms in total. The molecule has 0 aliphatic carbocycles. The second kappa shape index (κ2) is 7.80. The minimum Gasteiger partial charge on any atom is -0.318 e. The maximum absolute atomic E-state index is 11.8. The minimum absolute atomic E-state index is 0.134. The summed E-state index contributed by atoms with van der Waals surface area (Å²) >= 11 is 0. The summed E-state index contributed by atoms with van der Waals surface area (Å²) in [5, 5.41) is 0. The highest BCUT2D eigenvalue weighted by molar-refractivity contribution is 5.84. The molecule has 2 N–H and O–H groups in total. The Balaban J connectivity index is 2.30. The van der Waals surface area contributed by atoms with Crippen LogP contribution in [0, 0.1) is 0 Å². The fourth-order valence-electron chi connectivity index (χ4n) is 1.77. The van der Waals surface area contributed by atoms with Crippen LogP contribution in [0.3, 0.4) is 0 Å². The molecule has 0 saturated heterocycles. The highest BCUT2D eigenvalue weighted by Gasteiger charge is 2.14. The third-order valence-electron chi connectivity index (χ3n) is 2.84. The number of allylic oxidation sites excluding steroid dienone is 1. The molecule has 92 valence electrons. The normalized spacial score (nSPS) is 12.1. The van der Waals surface area contributed by atoms with E-state index in [0.717, 1.165) is 31.2 Å². The summed E-state index contributed by atoms with van der Waals surface area (Å²) in [6, 6.07) is 9.09. The van der Waals surface area contributed by atoms with E-state index < -0.39 is 6.04 Å². The van der Waals surface area contributed by atoms with E-state index in [2.05, 4.69) is 6.58 Å². The molecule has 0 saturated carbocycles. The third-order valence-corrected chi connectivity index (χ3v) is 2.84. The zero-order valence-electron chi connectivity index (χ0n) is 10.3. The van der Waals surface area contributed by atoms with E-state index in [9.17, 15) is 4.79 Å². The molecule has 0 radical (unpaired) electrons. The quantitative estimate of drug-likeness (QED) is 0.550. The van der Waals surface area contributed by atoms with E-state index >= 15 is 0 Å². The number of nitrogens with two attached hydrogens (primary N) is 1. The van der Waals surface area contributed by atoms with Gasteiger partial charge in [0.05, 0.1) is 6.04 Å². The van der Waals surface area contributed by atoms with Gasteiger partial charge in [-0.3, -0.25) is 4.79 Å². The van der Waals surface area contributed by atoms with Gasteiger partial charge in [-0.2, -0.15) is 0 Å². The molecule has 0 unspecified atom stereocenters. The van der Waals surface area contributed by atoms with Crippen molar-refractivity contribution >= 4 is 5.78 Å². The van der Waals surface area contributed by atoms with Crippen LogP contribution in [0.5, 0.6) is 0 Å². The van der Waals surface area contributed by atoms with Crippen molar-refractivity contribution in [2.24, 2.45) is 5.73 Å². The van der Waals surface area contributed by atoms with Crippen LogP contribution >= 0.6 is 0 Å². The Morgan fingerprint density at radius 1 is 1.24 bits per heavy atom. The van der Waals surface area contributed by atoms with Gasteiger partial charge < -0.3 is 5.73 Å². The molecule has 2 heteroatoms. The number of Topliss-reactive ketones (excluding diaryl/α,β-unsaturated/α-hetero) is 1. The fourth-order valence-corrected chi connectivity index (χ4v) is 1.77. The van der Waals surface area contributed by atoms with E-state index in [4.69, 9.17) is 5.73 Å². The molecule has 17 heavy (non-hydrogen) atoms. The second-order valence-electron chi connectivity index (χ2n) is 4.24. The second-order valence-corrected chi connectivity index (χ2v) is 4.24. The summed E-state index contributed by atoms with van der Waals surface area (Å²) in [5.74, 6) is 0.134. The zero-order chi connectivity index (χ0) is 12.5. The van der Waals surface area contributed by atoms with Gasteiger partial charge in [-0.1, -0.05) is 42.8 Å². The maximum Gasteiger partial charge on any atom is 0.154 e. The van der Waals surface area contributed by atoms with Crippen molar-refractivity contribution in [3.05, 3.63) is 48.6 Å². The third kappa shape index (κ3) is 4.96. The molecule has 0 aliphatic rings. The van der Waals surface area contributed by atoms with Gasteiger partial charge in [-0.25, -0.2) is 0 Å². The highest BCUT2D eigenvalue weighted by atomic mass is 16.1. The van der Waals surface area contributed by atoms with Crippen LogP contribution in [0.2, 0.25) is 0 Å². The largest absolute Gasteiger partial charge is 0.318 e. The monoisotopic (exact) mass is 231 g/mol. The van der Waals surface area contributed by atoms with Gasteiger partial charge in [0.2, 0.25) is 0 Å². The van der Waals surface area contributed by atoms with Crippen molar-refractivity contribution in [3.8, 4) is 0 Å². The van der Waals surface area contributed by atoms with Crippen molar-refractivity contribution in [3.63, 3.8) is 0 Å². The van der Waals surface area contributed by atoms with Gasteiger partial charge in [0.15, 0.2) is 5.78 Å². The number of rotatable bonds is 8. The first-order chi connectivity index (χ1) is 8.25. The number of hydrogen-bond acceptors (Lipinski definition) is 2. The average molecular weight is 231 g/mol. The van der Waals surface area contributed by atoms with Gasteiger partial charge in [0, 0.05) is 6.42 Å². The molecule has 1 rings (SSSR count). The Kier molecular flexibility index (Phi) is 6.26. The minimum atomic E-state index is -0.462. The summed E-state index contributed by atoms with van der Waals surface area (Å²) < 4.78 is 0. The van der Waals surface area contributed by atoms with Crippen molar-refractivity contribution in [1.29, 1.82) is 0 Å². The predicted octanol–water partition coefficient (Wildman–Crippen LogP) is 3.39. The van der Waals surface area contributed by atoms with Gasteiger partial charge in [0.25, 0.3) is 0 Å². The van der Waals surface area contributed by atoms with Crippen molar-refractivity contribution < 1.29 is 4.79 Å². The van der Waals surface area contributed by atoms with Crippen LogP contribution < -0.4 is 5.73 Å². The number of benzene rings is 1. The smallest absolute Gasteiger partial charge is 0.154 e. The maximum atomic E-state index is 11.8. The summed E-state index contributed by atoms with van der Waals surface area (Å²) in [6.45, 7) is 3.67. The van der Waals surface area contributed by atoms with Crippen molar-refractivity contribution in [2.45, 2.75) is 38.1 Å². The molecular weight excluding hydrogens is 210 g/mol. The molecule has 1 aromatic carbocycles. The van der Waals surface area contributed by atoms with Crippen LogP contribution in [0.4, 0.5) is 0 Å². The molecule has 0 amide bonds. The lowest BCUT2D eigenvalue weighted by atomic mass is 9.99. The number of ketones is 1. The first-order valence-electron chi connectivity index (χ1n) is 6.20. The molecule has 0 spiro atoms. The van der Waals surface area contributed by atoms with Gasteiger partial charge >= 0.3 is 0 Å². The lowest BCUT2D eigenvalue weighted by Gasteiger charge is -2.10. The van der Waals surface area contributed by atoms with Gasteiger partial charge in [-0.15, -0.1) is 6.58 Å². The first kappa shape index (κ1) is 13.7. The molecule has 0 aliphatic heterocycles. The predicted molar refractivity (Wildman–Crippen MR) is 71.7 cm³/mol. The Morgan fingerprint density at radius 2 is 1.94 bits per heavy atom. The SMILES string of the molecule is C=CCCCCCC(=O)[C@H](N)c1ccccc1. The highest BCUT2D eigenvalue weighted by Crippen LogP contribution is 2.14. The molecular formula is C15H21NO. The number of carbonyl (C=O) groups is 1. The van der Waals surface area contributed by atoms with Crippen LogP contribution in [-0.2, 0) is 4.79 Å². The summed E-state index contributed by atoms with van der Waals surface area (Å²) in [7, 11) is 0.